The Kier molecular flexibility index (Phi) is 6.31. The monoisotopic (exact) mass is 429 g/mol. The number of ether oxygens (including phenoxy) is 1. The Hall–Kier alpha value is -3.93. The molecule has 6 heteroatoms. The highest BCUT2D eigenvalue weighted by Crippen LogP contribution is 2.32. The fourth-order valence-corrected chi connectivity index (χ4v) is 3.38. The summed E-state index contributed by atoms with van der Waals surface area (Å²) in [6.07, 6.45) is 0. The second-order valence-electron chi connectivity index (χ2n) is 7.47. The highest BCUT2D eigenvalue weighted by molar-refractivity contribution is 5.95. The van der Waals surface area contributed by atoms with Gasteiger partial charge in [0.25, 0.3) is 0 Å². The summed E-state index contributed by atoms with van der Waals surface area (Å²) in [5.41, 5.74) is 5.25. The molecule has 3 aromatic carbocycles. The van der Waals surface area contributed by atoms with Gasteiger partial charge in [0.05, 0.1) is 17.8 Å². The number of nitrogens with zero attached hydrogens (tertiary/aromatic N) is 1. The molecule has 162 valence electrons. The van der Waals surface area contributed by atoms with Gasteiger partial charge in [-0.2, -0.15) is 0 Å². The lowest BCUT2D eigenvalue weighted by molar-refractivity contribution is 0.251. The van der Waals surface area contributed by atoms with Crippen molar-refractivity contribution in [1.29, 1.82) is 0 Å². The van der Waals surface area contributed by atoms with E-state index in [0.29, 0.717) is 24.6 Å². The van der Waals surface area contributed by atoms with Gasteiger partial charge in [-0.25, -0.2) is 14.2 Å². The maximum absolute atomic E-state index is 13.0. The minimum absolute atomic E-state index is 0.297. The minimum atomic E-state index is -0.351. The number of pyridine rings is 1. The van der Waals surface area contributed by atoms with Gasteiger partial charge in [0, 0.05) is 29.2 Å². The van der Waals surface area contributed by atoms with Crippen molar-refractivity contribution in [2.24, 2.45) is 0 Å². The zero-order chi connectivity index (χ0) is 22.5. The summed E-state index contributed by atoms with van der Waals surface area (Å²) in [5.74, 6) is 0.405. The van der Waals surface area contributed by atoms with Crippen molar-refractivity contribution in [3.63, 3.8) is 0 Å². The summed E-state index contributed by atoms with van der Waals surface area (Å²) in [4.78, 5) is 17.1. The summed E-state index contributed by atoms with van der Waals surface area (Å²) >= 11 is 0. The first-order chi connectivity index (χ1) is 15.5. The van der Waals surface area contributed by atoms with Crippen LogP contribution >= 0.6 is 0 Å². The van der Waals surface area contributed by atoms with Crippen LogP contribution < -0.4 is 15.4 Å². The molecule has 0 saturated carbocycles. The number of amides is 2. The van der Waals surface area contributed by atoms with Crippen molar-refractivity contribution in [3.8, 4) is 17.0 Å². The van der Waals surface area contributed by atoms with Gasteiger partial charge in [0.2, 0.25) is 0 Å². The lowest BCUT2D eigenvalue weighted by Crippen LogP contribution is -2.28. The predicted molar refractivity (Wildman–Crippen MR) is 125 cm³/mol. The highest BCUT2D eigenvalue weighted by Gasteiger charge is 2.11. The summed E-state index contributed by atoms with van der Waals surface area (Å²) < 4.78 is 18.9. The molecule has 0 atom stereocenters. The molecule has 2 N–H and O–H groups in total. The standard InChI is InChI=1S/C26H24FN3O2/c1-3-32-25-15-24(19-8-4-17(2)5-9-19)30-23-13-12-21(14-22(23)25)29-26(31)28-16-18-6-10-20(27)11-7-18/h4-15H,3,16H2,1-2H3,(H2,28,29,31). The first-order valence-electron chi connectivity index (χ1n) is 10.5. The lowest BCUT2D eigenvalue weighted by atomic mass is 10.1. The Morgan fingerprint density at radius 3 is 2.47 bits per heavy atom. The van der Waals surface area contributed by atoms with Crippen LogP contribution in [0.2, 0.25) is 0 Å². The summed E-state index contributed by atoms with van der Waals surface area (Å²) in [6, 6.07) is 21.3. The third kappa shape index (κ3) is 5.03. The van der Waals surface area contributed by atoms with Crippen LogP contribution in [0.4, 0.5) is 14.9 Å². The summed E-state index contributed by atoms with van der Waals surface area (Å²) in [5, 5.41) is 6.42. The number of rotatable bonds is 6. The van der Waals surface area contributed by atoms with Crippen molar-refractivity contribution in [2.75, 3.05) is 11.9 Å². The van der Waals surface area contributed by atoms with E-state index < -0.39 is 0 Å². The van der Waals surface area contributed by atoms with E-state index in [9.17, 15) is 9.18 Å². The fraction of sp³-hybridized carbons (Fsp3) is 0.154. The molecule has 0 unspecified atom stereocenters. The number of hydrogen-bond acceptors (Lipinski definition) is 3. The number of hydrogen-bond donors (Lipinski definition) is 2. The lowest BCUT2D eigenvalue weighted by Gasteiger charge is -2.13. The number of halogens is 1. The molecule has 0 fully saturated rings. The Morgan fingerprint density at radius 1 is 1.00 bits per heavy atom. The van der Waals surface area contributed by atoms with Gasteiger partial charge in [0.15, 0.2) is 0 Å². The molecule has 1 heterocycles. The molecule has 0 aliphatic heterocycles. The second kappa shape index (κ2) is 9.47. The first-order valence-corrected chi connectivity index (χ1v) is 10.5. The summed E-state index contributed by atoms with van der Waals surface area (Å²) in [7, 11) is 0. The van der Waals surface area contributed by atoms with Crippen LogP contribution in [0.25, 0.3) is 22.2 Å². The van der Waals surface area contributed by atoms with E-state index >= 15 is 0 Å². The fourth-order valence-electron chi connectivity index (χ4n) is 3.38. The van der Waals surface area contributed by atoms with Crippen molar-refractivity contribution < 1.29 is 13.9 Å². The normalized spacial score (nSPS) is 10.7. The molecule has 4 aromatic rings. The number of nitrogens with one attached hydrogen (secondary N) is 2. The quantitative estimate of drug-likeness (QED) is 0.391. The smallest absolute Gasteiger partial charge is 0.319 e. The molecule has 32 heavy (non-hydrogen) atoms. The number of anilines is 1. The number of urea groups is 1. The largest absolute Gasteiger partial charge is 0.493 e. The van der Waals surface area contributed by atoms with E-state index in [4.69, 9.17) is 9.72 Å². The minimum Gasteiger partial charge on any atom is -0.493 e. The van der Waals surface area contributed by atoms with Crippen LogP contribution in [0, 0.1) is 12.7 Å². The number of carbonyl (C=O) groups excluding carboxylic acids is 1. The van der Waals surface area contributed by atoms with Crippen LogP contribution in [-0.4, -0.2) is 17.6 Å². The van der Waals surface area contributed by atoms with E-state index in [1.807, 2.05) is 44.2 Å². The molecule has 0 aliphatic carbocycles. The Morgan fingerprint density at radius 2 is 1.75 bits per heavy atom. The third-order valence-electron chi connectivity index (χ3n) is 5.04. The zero-order valence-corrected chi connectivity index (χ0v) is 18.0. The van der Waals surface area contributed by atoms with E-state index in [2.05, 4.69) is 22.8 Å². The molecule has 0 bridgehead atoms. The van der Waals surface area contributed by atoms with Crippen LogP contribution in [0.1, 0.15) is 18.1 Å². The van der Waals surface area contributed by atoms with E-state index in [1.54, 1.807) is 18.2 Å². The first kappa shape index (κ1) is 21.3. The Balaban J connectivity index is 1.55. The maximum atomic E-state index is 13.0. The van der Waals surface area contributed by atoms with Gasteiger partial charge in [0.1, 0.15) is 11.6 Å². The van der Waals surface area contributed by atoms with Crippen LogP contribution in [-0.2, 0) is 6.54 Å². The molecule has 0 spiro atoms. The zero-order valence-electron chi connectivity index (χ0n) is 18.0. The van der Waals surface area contributed by atoms with Crippen molar-refractivity contribution >= 4 is 22.6 Å². The molecule has 5 nitrogen and oxygen atoms in total. The Bertz CT molecular complexity index is 1240. The average Bonchev–Trinajstić information content (AvgIpc) is 2.79. The van der Waals surface area contributed by atoms with Crippen LogP contribution in [0.15, 0.2) is 72.8 Å². The molecule has 0 aliphatic rings. The number of benzene rings is 3. The van der Waals surface area contributed by atoms with E-state index in [1.165, 1.54) is 17.7 Å². The predicted octanol–water partition coefficient (Wildman–Crippen LogP) is 6.07. The van der Waals surface area contributed by atoms with Crippen molar-refractivity contribution in [1.82, 2.24) is 10.3 Å². The molecule has 4 rings (SSSR count). The SMILES string of the molecule is CCOc1cc(-c2ccc(C)cc2)nc2ccc(NC(=O)NCc3ccc(F)cc3)cc12. The molecule has 0 radical (unpaired) electrons. The van der Waals surface area contributed by atoms with Gasteiger partial charge in [-0.05, 0) is 49.7 Å². The second-order valence-corrected chi connectivity index (χ2v) is 7.47. The summed E-state index contributed by atoms with van der Waals surface area (Å²) in [6.45, 7) is 4.80. The molecular formula is C26H24FN3O2. The van der Waals surface area contributed by atoms with Crippen molar-refractivity contribution in [3.05, 3.63) is 89.7 Å². The molecule has 0 saturated heterocycles. The van der Waals surface area contributed by atoms with Crippen molar-refractivity contribution in [2.45, 2.75) is 20.4 Å². The third-order valence-corrected chi connectivity index (χ3v) is 5.04. The highest BCUT2D eigenvalue weighted by atomic mass is 19.1. The molecule has 1 aromatic heterocycles. The van der Waals surface area contributed by atoms with E-state index in [0.717, 1.165) is 27.7 Å². The van der Waals surface area contributed by atoms with Gasteiger partial charge in [-0.3, -0.25) is 0 Å². The topological polar surface area (TPSA) is 63.2 Å². The number of carbonyl (C=O) groups is 1. The Labute approximate surface area is 186 Å². The average molecular weight is 429 g/mol. The number of aryl methyl sites for hydroxylation is 1. The number of aromatic nitrogens is 1. The van der Waals surface area contributed by atoms with Gasteiger partial charge in [-0.15, -0.1) is 0 Å². The van der Waals surface area contributed by atoms with Gasteiger partial charge >= 0.3 is 6.03 Å². The van der Waals surface area contributed by atoms with Gasteiger partial charge in [-0.1, -0.05) is 42.0 Å². The number of fused-ring (bicyclic) bond motifs is 1. The van der Waals surface area contributed by atoms with Gasteiger partial charge < -0.3 is 15.4 Å². The van der Waals surface area contributed by atoms with Crippen LogP contribution in [0.5, 0.6) is 5.75 Å². The van der Waals surface area contributed by atoms with E-state index in [-0.39, 0.29) is 11.8 Å². The molecular weight excluding hydrogens is 405 g/mol. The molecule has 2 amide bonds. The maximum Gasteiger partial charge on any atom is 0.319 e. The van der Waals surface area contributed by atoms with Crippen LogP contribution in [0.3, 0.4) is 0 Å².